The highest BCUT2D eigenvalue weighted by Gasteiger charge is 2.34. The van der Waals surface area contributed by atoms with Crippen molar-refractivity contribution in [1.29, 1.82) is 0 Å². The van der Waals surface area contributed by atoms with Gasteiger partial charge in [-0.05, 0) is 4.83 Å². The number of amides is 1. The highest BCUT2D eigenvalue weighted by Crippen LogP contribution is 2.19. The fraction of sp³-hybridized carbons (Fsp3) is 0.571. The zero-order valence-corrected chi connectivity index (χ0v) is 7.71. The molecule has 3 nitrogen and oxygen atoms in total. The molecule has 0 aromatic heterocycles. The lowest BCUT2D eigenvalue weighted by Crippen LogP contribution is -2.33. The fourth-order valence-electron chi connectivity index (χ4n) is 1.20. The first-order chi connectivity index (χ1) is 5.65. The minimum Gasteiger partial charge on any atom is -0.465 e. The van der Waals surface area contributed by atoms with Gasteiger partial charge in [0.25, 0.3) is 0 Å². The molecule has 1 rings (SSSR count). The van der Waals surface area contributed by atoms with Crippen LogP contribution in [0.3, 0.4) is 0 Å². The topological polar surface area (TPSA) is 40.5 Å². The van der Waals surface area contributed by atoms with Crippen molar-refractivity contribution in [2.45, 2.75) is 18.6 Å². The van der Waals surface area contributed by atoms with Crippen molar-refractivity contribution in [3.8, 4) is 10.8 Å². The Morgan fingerprint density at radius 2 is 2.42 bits per heavy atom. The molecule has 1 N–H and O–H groups in total. The van der Waals surface area contributed by atoms with Crippen LogP contribution in [-0.4, -0.2) is 34.9 Å². The van der Waals surface area contributed by atoms with Crippen molar-refractivity contribution in [1.82, 2.24) is 4.90 Å². The van der Waals surface area contributed by atoms with E-state index in [1.165, 1.54) is 0 Å². The molecule has 66 valence electrons. The second-order valence-corrected chi connectivity index (χ2v) is 2.92. The van der Waals surface area contributed by atoms with Gasteiger partial charge in [0.05, 0.1) is 6.54 Å². The van der Waals surface area contributed by atoms with Crippen LogP contribution in [0.4, 0.5) is 9.18 Å². The Balaban J connectivity index is 2.70. The number of carboxylic acid groups (broad SMARTS) is 1. The maximum Gasteiger partial charge on any atom is 0.408 e. The van der Waals surface area contributed by atoms with E-state index in [0.717, 1.165) is 4.90 Å². The minimum atomic E-state index is -1.12. The number of likely N-dealkylation sites (tertiary alicyclic amines) is 1. The van der Waals surface area contributed by atoms with Gasteiger partial charge in [0.2, 0.25) is 0 Å². The Kier molecular flexibility index (Phi) is 2.93. The summed E-state index contributed by atoms with van der Waals surface area (Å²) in [6.45, 7) is -0.0678. The van der Waals surface area contributed by atoms with E-state index in [1.807, 2.05) is 0 Å². The van der Waals surface area contributed by atoms with Gasteiger partial charge in [0.15, 0.2) is 0 Å². The van der Waals surface area contributed by atoms with Crippen molar-refractivity contribution in [2.24, 2.45) is 0 Å². The molecule has 0 radical (unpaired) electrons. The minimum absolute atomic E-state index is 0.0678. The summed E-state index contributed by atoms with van der Waals surface area (Å²) in [6, 6.07) is -0.503. The van der Waals surface area contributed by atoms with Crippen LogP contribution in [0.2, 0.25) is 0 Å². The summed E-state index contributed by atoms with van der Waals surface area (Å²) in [6.07, 6.45) is -2.03. The van der Waals surface area contributed by atoms with E-state index >= 15 is 0 Å². The highest BCUT2D eigenvalue weighted by atomic mass is 79.9. The molecule has 1 aliphatic heterocycles. The molecule has 0 bridgehead atoms. The van der Waals surface area contributed by atoms with Crippen molar-refractivity contribution in [3.05, 3.63) is 0 Å². The maximum absolute atomic E-state index is 12.7. The van der Waals surface area contributed by atoms with Crippen LogP contribution in [0.25, 0.3) is 0 Å². The average molecular weight is 236 g/mol. The number of alkyl halides is 1. The lowest BCUT2D eigenvalue weighted by Gasteiger charge is -2.14. The van der Waals surface area contributed by atoms with E-state index in [-0.39, 0.29) is 13.0 Å². The van der Waals surface area contributed by atoms with Crippen LogP contribution in [-0.2, 0) is 0 Å². The van der Waals surface area contributed by atoms with Gasteiger partial charge >= 0.3 is 6.09 Å². The Bertz CT molecular complexity index is 248. The van der Waals surface area contributed by atoms with E-state index in [1.54, 1.807) is 0 Å². The summed E-state index contributed by atoms with van der Waals surface area (Å²) < 4.78 is 12.7. The summed E-state index contributed by atoms with van der Waals surface area (Å²) in [5.41, 5.74) is 0. The Morgan fingerprint density at radius 1 is 1.75 bits per heavy atom. The number of carbonyl (C=O) groups is 1. The molecule has 1 heterocycles. The Hall–Kier alpha value is -0.760. The first kappa shape index (κ1) is 9.33. The summed E-state index contributed by atoms with van der Waals surface area (Å²) >= 11 is 2.85. The highest BCUT2D eigenvalue weighted by molar-refractivity contribution is 9.12. The van der Waals surface area contributed by atoms with E-state index < -0.39 is 18.3 Å². The molecule has 0 aromatic carbocycles. The lowest BCUT2D eigenvalue weighted by molar-refractivity contribution is 0.145. The van der Waals surface area contributed by atoms with Gasteiger partial charge in [-0.1, -0.05) is 5.92 Å². The van der Waals surface area contributed by atoms with Crippen LogP contribution < -0.4 is 0 Å². The molecule has 0 spiro atoms. The van der Waals surface area contributed by atoms with Crippen molar-refractivity contribution in [3.63, 3.8) is 0 Å². The zero-order chi connectivity index (χ0) is 9.14. The molecule has 5 heteroatoms. The largest absolute Gasteiger partial charge is 0.465 e. The molecular formula is C7H7BrFNO2. The third-order valence-corrected chi connectivity index (χ3v) is 1.95. The summed E-state index contributed by atoms with van der Waals surface area (Å²) in [7, 11) is 0. The van der Waals surface area contributed by atoms with Crippen LogP contribution in [0.15, 0.2) is 0 Å². The van der Waals surface area contributed by atoms with Gasteiger partial charge in [0, 0.05) is 22.4 Å². The molecule has 1 aliphatic rings. The molecule has 1 unspecified atom stereocenters. The number of halogens is 2. The number of nitrogens with zero attached hydrogens (tertiary/aromatic N) is 1. The average Bonchev–Trinajstić information content (AvgIpc) is 2.32. The third kappa shape index (κ3) is 1.89. The quantitative estimate of drug-likeness (QED) is 0.646. The fourth-order valence-corrected chi connectivity index (χ4v) is 1.46. The second kappa shape index (κ2) is 3.76. The molecule has 12 heavy (non-hydrogen) atoms. The van der Waals surface area contributed by atoms with Crippen LogP contribution >= 0.6 is 15.9 Å². The maximum atomic E-state index is 12.7. The molecule has 2 atom stereocenters. The lowest BCUT2D eigenvalue weighted by atomic mass is 10.2. The molecule has 1 fully saturated rings. The first-order valence-corrected chi connectivity index (χ1v) is 4.19. The number of hydrogen-bond acceptors (Lipinski definition) is 1. The standard InChI is InChI=1S/C7H7BrFNO2/c8-2-1-6-3-5(9)4-10(6)7(11)12/h5-6H,3-4H2,(H,11,12)/t5?,6-/m1/s1. The summed E-state index contributed by atoms with van der Waals surface area (Å²) in [5, 5.41) is 8.60. The van der Waals surface area contributed by atoms with Crippen molar-refractivity contribution < 1.29 is 14.3 Å². The molecule has 1 saturated heterocycles. The van der Waals surface area contributed by atoms with Crippen LogP contribution in [0.1, 0.15) is 6.42 Å². The summed E-state index contributed by atoms with van der Waals surface area (Å²) in [4.78, 5) is 13.9. The third-order valence-electron chi connectivity index (χ3n) is 1.72. The SMILES string of the molecule is O=C(O)N1CC(F)C[C@H]1C#CBr. The Labute approximate surface area is 77.7 Å². The van der Waals surface area contributed by atoms with E-state index in [0.29, 0.717) is 0 Å². The molecule has 0 aliphatic carbocycles. The normalized spacial score (nSPS) is 28.0. The van der Waals surface area contributed by atoms with Gasteiger partial charge in [-0.3, -0.25) is 4.90 Å². The van der Waals surface area contributed by atoms with Crippen LogP contribution in [0.5, 0.6) is 0 Å². The monoisotopic (exact) mass is 235 g/mol. The first-order valence-electron chi connectivity index (χ1n) is 3.40. The molecular weight excluding hydrogens is 229 g/mol. The van der Waals surface area contributed by atoms with Crippen molar-refractivity contribution in [2.75, 3.05) is 6.54 Å². The van der Waals surface area contributed by atoms with Gasteiger partial charge in [0.1, 0.15) is 12.2 Å². The van der Waals surface area contributed by atoms with Gasteiger partial charge in [-0.25, -0.2) is 9.18 Å². The van der Waals surface area contributed by atoms with E-state index in [9.17, 15) is 9.18 Å². The number of rotatable bonds is 0. The predicted octanol–water partition coefficient (Wildman–Crippen LogP) is 1.43. The van der Waals surface area contributed by atoms with E-state index in [2.05, 4.69) is 26.7 Å². The number of hydrogen-bond donors (Lipinski definition) is 1. The van der Waals surface area contributed by atoms with Gasteiger partial charge in [-0.15, -0.1) is 0 Å². The molecule has 0 aromatic rings. The van der Waals surface area contributed by atoms with Gasteiger partial charge < -0.3 is 5.11 Å². The zero-order valence-electron chi connectivity index (χ0n) is 6.13. The molecule has 1 amide bonds. The summed E-state index contributed by atoms with van der Waals surface area (Å²) in [5.74, 6) is 2.58. The van der Waals surface area contributed by atoms with Crippen molar-refractivity contribution >= 4 is 22.0 Å². The van der Waals surface area contributed by atoms with E-state index in [4.69, 9.17) is 5.11 Å². The molecule has 0 saturated carbocycles. The smallest absolute Gasteiger partial charge is 0.408 e. The second-order valence-electron chi connectivity index (χ2n) is 2.52. The Morgan fingerprint density at radius 3 is 2.92 bits per heavy atom. The van der Waals surface area contributed by atoms with Crippen LogP contribution in [0, 0.1) is 10.8 Å². The van der Waals surface area contributed by atoms with Gasteiger partial charge in [-0.2, -0.15) is 0 Å². The predicted molar refractivity (Wildman–Crippen MR) is 44.7 cm³/mol.